The molecule has 1 N–H and O–H groups in total. The number of nitrogens with one attached hydrogen (secondary N) is 1. The molecule has 1 heterocycles. The first kappa shape index (κ1) is 17.9. The van der Waals surface area contributed by atoms with Crippen molar-refractivity contribution in [1.82, 2.24) is 4.98 Å². The number of aromatic nitrogens is 1. The zero-order valence-corrected chi connectivity index (χ0v) is 15.8. The van der Waals surface area contributed by atoms with E-state index in [9.17, 15) is 9.59 Å². The molecule has 0 spiro atoms. The van der Waals surface area contributed by atoms with Gasteiger partial charge < -0.3 is 4.74 Å². The molecule has 138 valence electrons. The number of anilines is 1. The van der Waals surface area contributed by atoms with Crippen LogP contribution in [0.1, 0.15) is 17.3 Å². The van der Waals surface area contributed by atoms with Crippen LogP contribution >= 0.6 is 11.3 Å². The Morgan fingerprint density at radius 3 is 2.46 bits per heavy atom. The zero-order chi connectivity index (χ0) is 19.5. The molecule has 0 radical (unpaired) electrons. The number of rotatable bonds is 4. The van der Waals surface area contributed by atoms with Crippen LogP contribution in [0.15, 0.2) is 72.8 Å². The number of nitrogens with zero attached hydrogens (tertiary/aromatic N) is 1. The van der Waals surface area contributed by atoms with Crippen LogP contribution in [-0.4, -0.2) is 16.9 Å². The summed E-state index contributed by atoms with van der Waals surface area (Å²) in [6.45, 7) is 1.36. The molecule has 0 aliphatic rings. The van der Waals surface area contributed by atoms with Crippen molar-refractivity contribution in [3.8, 4) is 16.9 Å². The molecule has 5 nitrogen and oxygen atoms in total. The zero-order valence-electron chi connectivity index (χ0n) is 15.0. The van der Waals surface area contributed by atoms with Crippen molar-refractivity contribution in [2.24, 2.45) is 0 Å². The number of fused-ring (bicyclic) bond motifs is 1. The predicted octanol–water partition coefficient (Wildman–Crippen LogP) is 5.14. The number of esters is 1. The Labute approximate surface area is 165 Å². The molecule has 1 aromatic heterocycles. The molecule has 3 aromatic carbocycles. The Hall–Kier alpha value is -3.51. The summed E-state index contributed by atoms with van der Waals surface area (Å²) < 4.78 is 6.08. The number of amides is 1. The van der Waals surface area contributed by atoms with E-state index in [1.807, 2.05) is 54.6 Å². The molecule has 1 amide bonds. The summed E-state index contributed by atoms with van der Waals surface area (Å²) in [5.74, 6) is -0.0836. The molecule has 4 rings (SSSR count). The molecule has 0 aliphatic carbocycles. The van der Waals surface area contributed by atoms with E-state index in [2.05, 4.69) is 10.3 Å². The van der Waals surface area contributed by atoms with Gasteiger partial charge in [0.05, 0.1) is 10.2 Å². The number of benzene rings is 3. The fraction of sp³-hybridized carbons (Fsp3) is 0.0455. The van der Waals surface area contributed by atoms with Crippen LogP contribution in [0.4, 0.5) is 5.13 Å². The van der Waals surface area contributed by atoms with Crippen molar-refractivity contribution in [3.63, 3.8) is 0 Å². The van der Waals surface area contributed by atoms with Gasteiger partial charge in [-0.25, -0.2) is 4.98 Å². The summed E-state index contributed by atoms with van der Waals surface area (Å²) in [4.78, 5) is 28.1. The van der Waals surface area contributed by atoms with E-state index in [1.54, 1.807) is 18.2 Å². The highest BCUT2D eigenvalue weighted by atomic mass is 32.1. The smallest absolute Gasteiger partial charge is 0.308 e. The molecule has 0 saturated carbocycles. The van der Waals surface area contributed by atoms with E-state index >= 15 is 0 Å². The summed E-state index contributed by atoms with van der Waals surface area (Å²) in [6.07, 6.45) is 0. The summed E-state index contributed by atoms with van der Waals surface area (Å²) in [7, 11) is 0. The standard InChI is InChI=1S/C22H16N2O3S/c1-14(25)27-18-11-9-15(10-12-18)16-5-4-6-17(13-16)21(26)24-22-23-19-7-2-3-8-20(19)28-22/h2-13H,1H3,(H,23,24,26). The highest BCUT2D eigenvalue weighted by Crippen LogP contribution is 2.27. The summed E-state index contributed by atoms with van der Waals surface area (Å²) in [5, 5.41) is 3.44. The van der Waals surface area contributed by atoms with Crippen molar-refractivity contribution in [1.29, 1.82) is 0 Å². The Bertz CT molecular complexity index is 1130. The molecule has 0 unspecified atom stereocenters. The van der Waals surface area contributed by atoms with Crippen molar-refractivity contribution < 1.29 is 14.3 Å². The molecule has 6 heteroatoms. The van der Waals surface area contributed by atoms with Crippen molar-refractivity contribution >= 4 is 38.6 Å². The molecule has 0 bridgehead atoms. The number of carbonyl (C=O) groups excluding carboxylic acids is 2. The highest BCUT2D eigenvalue weighted by molar-refractivity contribution is 7.22. The van der Waals surface area contributed by atoms with Gasteiger partial charge in [-0.3, -0.25) is 14.9 Å². The van der Waals surface area contributed by atoms with Gasteiger partial charge in [-0.2, -0.15) is 0 Å². The number of hydrogen-bond donors (Lipinski definition) is 1. The molecule has 28 heavy (non-hydrogen) atoms. The first-order valence-electron chi connectivity index (χ1n) is 8.64. The minimum atomic E-state index is -0.360. The van der Waals surface area contributed by atoms with E-state index in [1.165, 1.54) is 18.3 Å². The van der Waals surface area contributed by atoms with E-state index < -0.39 is 0 Å². The lowest BCUT2D eigenvalue weighted by Crippen LogP contribution is -2.11. The van der Waals surface area contributed by atoms with E-state index in [0.29, 0.717) is 16.4 Å². The van der Waals surface area contributed by atoms with Crippen LogP contribution in [-0.2, 0) is 4.79 Å². The maximum atomic E-state index is 12.6. The molecule has 0 atom stereocenters. The maximum Gasteiger partial charge on any atom is 0.308 e. The first-order valence-corrected chi connectivity index (χ1v) is 9.46. The van der Waals surface area contributed by atoms with Gasteiger partial charge in [-0.05, 0) is 47.5 Å². The van der Waals surface area contributed by atoms with Gasteiger partial charge in [0.1, 0.15) is 5.75 Å². The van der Waals surface area contributed by atoms with Crippen LogP contribution < -0.4 is 10.1 Å². The summed E-state index contributed by atoms with van der Waals surface area (Å²) in [6, 6.07) is 22.3. The predicted molar refractivity (Wildman–Crippen MR) is 111 cm³/mol. The van der Waals surface area contributed by atoms with Gasteiger partial charge in [0.25, 0.3) is 5.91 Å². The van der Waals surface area contributed by atoms with Crippen molar-refractivity contribution in [2.45, 2.75) is 6.92 Å². The average molecular weight is 388 g/mol. The Kier molecular flexibility index (Phi) is 4.87. The van der Waals surface area contributed by atoms with Crippen LogP contribution in [0.25, 0.3) is 21.3 Å². The fourth-order valence-corrected chi connectivity index (χ4v) is 3.68. The van der Waals surface area contributed by atoms with Crippen LogP contribution in [0, 0.1) is 0 Å². The average Bonchev–Trinajstić information content (AvgIpc) is 3.10. The number of thiazole rings is 1. The molecule has 4 aromatic rings. The Morgan fingerprint density at radius 1 is 0.929 bits per heavy atom. The van der Waals surface area contributed by atoms with E-state index in [4.69, 9.17) is 4.74 Å². The van der Waals surface area contributed by atoms with Gasteiger partial charge in [0, 0.05) is 12.5 Å². The summed E-state index contributed by atoms with van der Waals surface area (Å²) in [5.41, 5.74) is 3.22. The number of hydrogen-bond acceptors (Lipinski definition) is 5. The van der Waals surface area contributed by atoms with Crippen molar-refractivity contribution in [2.75, 3.05) is 5.32 Å². The second-order valence-corrected chi connectivity index (χ2v) is 7.17. The van der Waals surface area contributed by atoms with E-state index in [0.717, 1.165) is 21.3 Å². The molecular formula is C22H16N2O3S. The minimum Gasteiger partial charge on any atom is -0.427 e. The highest BCUT2D eigenvalue weighted by Gasteiger charge is 2.11. The lowest BCUT2D eigenvalue weighted by Gasteiger charge is -2.07. The second-order valence-electron chi connectivity index (χ2n) is 6.14. The Balaban J connectivity index is 1.54. The van der Waals surface area contributed by atoms with Gasteiger partial charge in [0.15, 0.2) is 5.13 Å². The van der Waals surface area contributed by atoms with Gasteiger partial charge >= 0.3 is 5.97 Å². The molecule has 0 aliphatic heterocycles. The summed E-state index contributed by atoms with van der Waals surface area (Å²) >= 11 is 1.44. The molecule has 0 saturated heterocycles. The SMILES string of the molecule is CC(=O)Oc1ccc(-c2cccc(C(=O)Nc3nc4ccccc4s3)c2)cc1. The van der Waals surface area contributed by atoms with Crippen LogP contribution in [0.2, 0.25) is 0 Å². The van der Waals surface area contributed by atoms with Crippen LogP contribution in [0.3, 0.4) is 0 Å². The molecular weight excluding hydrogens is 372 g/mol. The Morgan fingerprint density at radius 2 is 1.71 bits per heavy atom. The van der Waals surface area contributed by atoms with Gasteiger partial charge in [0.2, 0.25) is 0 Å². The normalized spacial score (nSPS) is 10.6. The number of ether oxygens (including phenoxy) is 1. The number of carbonyl (C=O) groups is 2. The third-order valence-electron chi connectivity index (χ3n) is 4.09. The second kappa shape index (κ2) is 7.62. The largest absolute Gasteiger partial charge is 0.427 e. The van der Waals surface area contributed by atoms with Crippen LogP contribution in [0.5, 0.6) is 5.75 Å². The third kappa shape index (κ3) is 3.92. The number of para-hydroxylation sites is 1. The maximum absolute atomic E-state index is 12.6. The van der Waals surface area contributed by atoms with Gasteiger partial charge in [-0.15, -0.1) is 0 Å². The van der Waals surface area contributed by atoms with E-state index in [-0.39, 0.29) is 11.9 Å². The first-order chi connectivity index (χ1) is 13.6. The molecule has 0 fully saturated rings. The topological polar surface area (TPSA) is 68.3 Å². The fourth-order valence-electron chi connectivity index (χ4n) is 2.82. The monoisotopic (exact) mass is 388 g/mol. The van der Waals surface area contributed by atoms with Gasteiger partial charge in [-0.1, -0.05) is 47.7 Å². The minimum absolute atomic E-state index is 0.211. The lowest BCUT2D eigenvalue weighted by molar-refractivity contribution is -0.131. The lowest BCUT2D eigenvalue weighted by atomic mass is 10.0. The third-order valence-corrected chi connectivity index (χ3v) is 5.04. The van der Waals surface area contributed by atoms with Crippen molar-refractivity contribution in [3.05, 3.63) is 78.4 Å². The quantitative estimate of drug-likeness (QED) is 0.388.